The molecule has 2 aromatic heterocycles. The first-order valence-corrected chi connectivity index (χ1v) is 9.91. The lowest BCUT2D eigenvalue weighted by molar-refractivity contribution is -0.151. The molecular formula is C18H23N3O2S2. The minimum atomic E-state index is -0.480. The van der Waals surface area contributed by atoms with E-state index in [1.807, 2.05) is 40.7 Å². The van der Waals surface area contributed by atoms with Gasteiger partial charge in [0.15, 0.2) is 0 Å². The van der Waals surface area contributed by atoms with Gasteiger partial charge in [-0.15, -0.1) is 11.3 Å². The Morgan fingerprint density at radius 3 is 2.84 bits per heavy atom. The average molecular weight is 378 g/mol. The number of carbonyl (C=O) groups is 1. The zero-order valence-electron chi connectivity index (χ0n) is 15.2. The number of ether oxygens (including phenoxy) is 1. The summed E-state index contributed by atoms with van der Waals surface area (Å²) in [5, 5.41) is 4.91. The van der Waals surface area contributed by atoms with Crippen molar-refractivity contribution < 1.29 is 9.53 Å². The summed E-state index contributed by atoms with van der Waals surface area (Å²) >= 11 is 2.92. The van der Waals surface area contributed by atoms with Crippen molar-refractivity contribution in [1.82, 2.24) is 15.3 Å². The van der Waals surface area contributed by atoms with Crippen molar-refractivity contribution in [3.63, 3.8) is 0 Å². The predicted molar refractivity (Wildman–Crippen MR) is 104 cm³/mol. The Hall–Kier alpha value is -1.62. The number of rotatable bonds is 5. The van der Waals surface area contributed by atoms with Crippen molar-refractivity contribution >= 4 is 39.3 Å². The highest BCUT2D eigenvalue weighted by molar-refractivity contribution is 8.00. The molecule has 0 aliphatic rings. The van der Waals surface area contributed by atoms with Gasteiger partial charge in [0.25, 0.3) is 0 Å². The average Bonchev–Trinajstić information content (AvgIpc) is 2.90. The molecule has 0 aromatic carbocycles. The van der Waals surface area contributed by atoms with Gasteiger partial charge in [0.05, 0.1) is 17.2 Å². The molecule has 2 aromatic rings. The molecule has 0 fully saturated rings. The zero-order valence-corrected chi connectivity index (χ0v) is 16.9. The van der Waals surface area contributed by atoms with Gasteiger partial charge in [-0.2, -0.15) is 0 Å². The molecule has 0 radical (unpaired) electrons. The summed E-state index contributed by atoms with van der Waals surface area (Å²) in [4.78, 5) is 22.8. The van der Waals surface area contributed by atoms with E-state index in [2.05, 4.69) is 27.1 Å². The summed E-state index contributed by atoms with van der Waals surface area (Å²) in [6.45, 7) is 11.0. The number of hydrogen-bond donors (Lipinski definition) is 1. The van der Waals surface area contributed by atoms with Crippen LogP contribution >= 0.6 is 23.1 Å². The Morgan fingerprint density at radius 2 is 2.16 bits per heavy atom. The van der Waals surface area contributed by atoms with Crippen LogP contribution in [0.5, 0.6) is 0 Å². The summed E-state index contributed by atoms with van der Waals surface area (Å²) < 4.78 is 5.35. The van der Waals surface area contributed by atoms with Crippen LogP contribution in [0.25, 0.3) is 10.2 Å². The number of thiophene rings is 1. The summed E-state index contributed by atoms with van der Waals surface area (Å²) in [6, 6.07) is 2.00. The molecule has 25 heavy (non-hydrogen) atoms. The summed E-state index contributed by atoms with van der Waals surface area (Å²) in [6.07, 6.45) is 0. The van der Waals surface area contributed by atoms with Crippen molar-refractivity contribution in [2.45, 2.75) is 45.2 Å². The third-order valence-corrected chi connectivity index (χ3v) is 4.80. The largest absolute Gasteiger partial charge is 0.459 e. The van der Waals surface area contributed by atoms with Gasteiger partial charge in [-0.1, -0.05) is 30.5 Å². The van der Waals surface area contributed by atoms with Gasteiger partial charge in [0, 0.05) is 5.39 Å². The van der Waals surface area contributed by atoms with Gasteiger partial charge in [0.2, 0.25) is 0 Å². The van der Waals surface area contributed by atoms with Crippen LogP contribution in [0.1, 0.15) is 38.4 Å². The monoisotopic (exact) mass is 377 g/mol. The number of nitrogens with zero attached hydrogens (tertiary/aromatic N) is 2. The first kappa shape index (κ1) is 19.7. The number of carbonyl (C=O) groups excluding carboxylic acids is 1. The molecule has 0 bridgehead atoms. The molecule has 0 aliphatic heterocycles. The van der Waals surface area contributed by atoms with Gasteiger partial charge in [-0.25, -0.2) is 9.97 Å². The Bertz CT molecular complexity index is 813. The molecule has 0 amide bonds. The van der Waals surface area contributed by atoms with Crippen LogP contribution in [-0.4, -0.2) is 40.4 Å². The number of thioether (sulfide) groups is 1. The summed E-state index contributed by atoms with van der Waals surface area (Å²) in [5.41, 5.74) is -0.480. The summed E-state index contributed by atoms with van der Waals surface area (Å²) in [7, 11) is 0. The number of aryl methyl sites for hydroxylation is 1. The molecule has 2 rings (SSSR count). The van der Waals surface area contributed by atoms with Crippen molar-refractivity contribution in [2.75, 3.05) is 18.8 Å². The van der Waals surface area contributed by atoms with Crippen molar-refractivity contribution in [1.29, 1.82) is 0 Å². The summed E-state index contributed by atoms with van der Waals surface area (Å²) in [5.74, 6) is 6.91. The minimum absolute atomic E-state index is 0.222. The fourth-order valence-electron chi connectivity index (χ4n) is 1.99. The Balaban J connectivity index is 2.17. The van der Waals surface area contributed by atoms with E-state index >= 15 is 0 Å². The fourth-order valence-corrected chi connectivity index (χ4v) is 3.82. The highest BCUT2D eigenvalue weighted by Crippen LogP contribution is 2.31. The number of fused-ring (bicyclic) bond motifs is 1. The minimum Gasteiger partial charge on any atom is -0.459 e. The smallest absolute Gasteiger partial charge is 0.316 e. The SMILES string of the molecule is CCNCC#Cc1cc2c(SCC(=O)OC(C)(C)C)nc(C)nc2s1. The van der Waals surface area contributed by atoms with Crippen LogP contribution in [0, 0.1) is 18.8 Å². The molecular weight excluding hydrogens is 354 g/mol. The number of nitrogens with one attached hydrogen (secondary N) is 1. The van der Waals surface area contributed by atoms with Crippen LogP contribution in [0.4, 0.5) is 0 Å². The second kappa shape index (κ2) is 8.65. The number of hydrogen-bond acceptors (Lipinski definition) is 7. The zero-order chi connectivity index (χ0) is 18.4. The van der Waals surface area contributed by atoms with E-state index in [-0.39, 0.29) is 11.7 Å². The number of esters is 1. The topological polar surface area (TPSA) is 64.1 Å². The van der Waals surface area contributed by atoms with E-state index in [9.17, 15) is 4.79 Å². The highest BCUT2D eigenvalue weighted by Gasteiger charge is 2.18. The Labute approximate surface area is 157 Å². The van der Waals surface area contributed by atoms with Crippen LogP contribution in [0.2, 0.25) is 0 Å². The number of aromatic nitrogens is 2. The molecule has 0 unspecified atom stereocenters. The highest BCUT2D eigenvalue weighted by atomic mass is 32.2. The van der Waals surface area contributed by atoms with Crippen LogP contribution in [0.3, 0.4) is 0 Å². The molecule has 0 spiro atoms. The lowest BCUT2D eigenvalue weighted by atomic mass is 10.2. The standard InChI is InChI=1S/C18H23N3O2S2/c1-6-19-9-7-8-13-10-14-16(20-12(2)21-17(14)25-13)24-11-15(22)23-18(3,4)5/h10,19H,6,9,11H2,1-5H3. The molecule has 1 N–H and O–H groups in total. The lowest BCUT2D eigenvalue weighted by Crippen LogP contribution is -2.24. The molecule has 0 aliphatic carbocycles. The van der Waals surface area contributed by atoms with Gasteiger partial charge in [0.1, 0.15) is 21.3 Å². The third kappa shape index (κ3) is 6.31. The van der Waals surface area contributed by atoms with Gasteiger partial charge in [-0.05, 0) is 40.3 Å². The molecule has 0 saturated heterocycles. The fraction of sp³-hybridized carbons (Fsp3) is 0.500. The van der Waals surface area contributed by atoms with Crippen molar-refractivity contribution in [3.05, 3.63) is 16.8 Å². The maximum Gasteiger partial charge on any atom is 0.316 e. The van der Waals surface area contributed by atoms with E-state index in [1.54, 1.807) is 11.3 Å². The normalized spacial score (nSPS) is 11.2. The lowest BCUT2D eigenvalue weighted by Gasteiger charge is -2.19. The van der Waals surface area contributed by atoms with E-state index in [4.69, 9.17) is 4.74 Å². The van der Waals surface area contributed by atoms with E-state index in [0.717, 1.165) is 26.7 Å². The first-order chi connectivity index (χ1) is 11.8. The van der Waals surface area contributed by atoms with E-state index < -0.39 is 5.60 Å². The molecule has 5 nitrogen and oxygen atoms in total. The van der Waals surface area contributed by atoms with Crippen LogP contribution in [0.15, 0.2) is 11.1 Å². The second-order valence-electron chi connectivity index (χ2n) is 6.36. The maximum absolute atomic E-state index is 11.9. The van der Waals surface area contributed by atoms with Crippen LogP contribution < -0.4 is 5.32 Å². The molecule has 134 valence electrons. The van der Waals surface area contributed by atoms with E-state index in [1.165, 1.54) is 11.8 Å². The van der Waals surface area contributed by atoms with E-state index in [0.29, 0.717) is 12.4 Å². The quantitative estimate of drug-likeness (QED) is 0.283. The van der Waals surface area contributed by atoms with Crippen molar-refractivity contribution in [2.24, 2.45) is 0 Å². The second-order valence-corrected chi connectivity index (χ2v) is 8.36. The van der Waals surface area contributed by atoms with Crippen molar-refractivity contribution in [3.8, 4) is 11.8 Å². The Morgan fingerprint density at radius 1 is 1.40 bits per heavy atom. The first-order valence-electron chi connectivity index (χ1n) is 8.11. The molecule has 0 saturated carbocycles. The maximum atomic E-state index is 11.9. The predicted octanol–water partition coefficient (Wildman–Crippen LogP) is 3.39. The molecule has 0 atom stereocenters. The Kier molecular flexibility index (Phi) is 6.82. The molecule has 2 heterocycles. The third-order valence-electron chi connectivity index (χ3n) is 2.89. The van der Waals surface area contributed by atoms with Gasteiger partial charge in [-0.3, -0.25) is 4.79 Å². The van der Waals surface area contributed by atoms with Gasteiger partial charge >= 0.3 is 5.97 Å². The van der Waals surface area contributed by atoms with Crippen LogP contribution in [-0.2, 0) is 9.53 Å². The molecule has 7 heteroatoms. The van der Waals surface area contributed by atoms with Gasteiger partial charge < -0.3 is 10.1 Å².